The van der Waals surface area contributed by atoms with E-state index in [1.54, 1.807) is 6.33 Å². The summed E-state index contributed by atoms with van der Waals surface area (Å²) in [5.74, 6) is 0.811. The number of amides is 1. The number of nitrogens with zero attached hydrogens (tertiary/aromatic N) is 5. The standard InChI is InChI=1S/C22H24N6O2/c1-13(2)22-25-21(26-30-22)18-20-19(27-9-5-6-10-27)15(11-17(23)29)14-7-3-4-8-16(14)28(20)12-24-18/h3-4,7-8,12-13H,5-6,9-11H2,1-2H3,(H2,23,29). The lowest BCUT2D eigenvalue weighted by atomic mass is 10.0. The topological polar surface area (TPSA) is 103 Å². The van der Waals surface area contributed by atoms with Gasteiger partial charge in [-0.15, -0.1) is 0 Å². The lowest BCUT2D eigenvalue weighted by molar-refractivity contribution is -0.117. The minimum atomic E-state index is -0.354. The molecule has 1 aliphatic heterocycles. The maximum atomic E-state index is 12.0. The van der Waals surface area contributed by atoms with Crippen molar-refractivity contribution in [1.29, 1.82) is 0 Å². The van der Waals surface area contributed by atoms with Crippen LogP contribution in [0.15, 0.2) is 35.1 Å². The first kappa shape index (κ1) is 18.6. The molecule has 3 aromatic heterocycles. The molecule has 1 aromatic carbocycles. The maximum absolute atomic E-state index is 12.0. The average molecular weight is 404 g/mol. The van der Waals surface area contributed by atoms with E-state index < -0.39 is 0 Å². The summed E-state index contributed by atoms with van der Waals surface area (Å²) in [6.07, 6.45) is 4.18. The van der Waals surface area contributed by atoms with E-state index in [9.17, 15) is 4.79 Å². The number of para-hydroxylation sites is 1. The van der Waals surface area contributed by atoms with E-state index in [4.69, 9.17) is 10.3 Å². The third-order valence-electron chi connectivity index (χ3n) is 5.69. The molecule has 2 N–H and O–H groups in total. The van der Waals surface area contributed by atoms with Crippen LogP contribution in [0.1, 0.15) is 44.1 Å². The molecule has 0 spiro atoms. The van der Waals surface area contributed by atoms with Gasteiger partial charge in [0.05, 0.1) is 17.6 Å². The third-order valence-corrected chi connectivity index (χ3v) is 5.69. The highest BCUT2D eigenvalue weighted by atomic mass is 16.5. The van der Waals surface area contributed by atoms with E-state index in [-0.39, 0.29) is 18.2 Å². The molecule has 0 atom stereocenters. The van der Waals surface area contributed by atoms with Crippen LogP contribution in [0.3, 0.4) is 0 Å². The number of carbonyl (C=O) groups is 1. The van der Waals surface area contributed by atoms with Gasteiger partial charge in [-0.25, -0.2) is 4.98 Å². The first-order valence-corrected chi connectivity index (χ1v) is 10.3. The number of primary amides is 1. The zero-order valence-corrected chi connectivity index (χ0v) is 17.1. The predicted molar refractivity (Wildman–Crippen MR) is 114 cm³/mol. The number of benzene rings is 1. The van der Waals surface area contributed by atoms with E-state index in [1.807, 2.05) is 38.1 Å². The number of anilines is 1. The van der Waals surface area contributed by atoms with Crippen LogP contribution in [0.5, 0.6) is 0 Å². The maximum Gasteiger partial charge on any atom is 0.229 e. The summed E-state index contributed by atoms with van der Waals surface area (Å²) in [5, 5.41) is 5.20. The van der Waals surface area contributed by atoms with Crippen molar-refractivity contribution in [3.8, 4) is 11.5 Å². The van der Waals surface area contributed by atoms with Gasteiger partial charge in [0.25, 0.3) is 0 Å². The summed E-state index contributed by atoms with van der Waals surface area (Å²) in [6, 6.07) is 8.04. The van der Waals surface area contributed by atoms with E-state index >= 15 is 0 Å². The number of hydrogen-bond donors (Lipinski definition) is 1. The van der Waals surface area contributed by atoms with Gasteiger partial charge in [0.1, 0.15) is 17.5 Å². The normalized spacial score (nSPS) is 14.4. The molecule has 1 aliphatic rings. The smallest absolute Gasteiger partial charge is 0.229 e. The molecule has 30 heavy (non-hydrogen) atoms. The van der Waals surface area contributed by atoms with Crippen molar-refractivity contribution < 1.29 is 9.32 Å². The predicted octanol–water partition coefficient (Wildman–Crippen LogP) is 3.29. The van der Waals surface area contributed by atoms with Gasteiger partial charge in [0, 0.05) is 24.4 Å². The molecule has 5 rings (SSSR count). The van der Waals surface area contributed by atoms with Gasteiger partial charge in [-0.2, -0.15) is 4.98 Å². The largest absolute Gasteiger partial charge is 0.370 e. The first-order chi connectivity index (χ1) is 14.5. The molecule has 1 amide bonds. The van der Waals surface area contributed by atoms with Crippen molar-refractivity contribution in [2.45, 2.75) is 39.0 Å². The summed E-state index contributed by atoms with van der Waals surface area (Å²) >= 11 is 0. The molecule has 0 aliphatic carbocycles. The van der Waals surface area contributed by atoms with Crippen LogP contribution in [-0.2, 0) is 11.2 Å². The lowest BCUT2D eigenvalue weighted by Crippen LogP contribution is -2.23. The molecule has 1 saturated heterocycles. The van der Waals surface area contributed by atoms with Crippen molar-refractivity contribution in [1.82, 2.24) is 19.5 Å². The van der Waals surface area contributed by atoms with E-state index in [1.165, 1.54) is 0 Å². The fourth-order valence-electron chi connectivity index (χ4n) is 4.33. The Morgan fingerprint density at radius 1 is 1.23 bits per heavy atom. The number of nitrogens with two attached hydrogens (primary N) is 1. The second-order valence-electron chi connectivity index (χ2n) is 8.10. The highest BCUT2D eigenvalue weighted by Gasteiger charge is 2.27. The minimum absolute atomic E-state index is 0.129. The van der Waals surface area contributed by atoms with Gasteiger partial charge >= 0.3 is 0 Å². The molecule has 8 nitrogen and oxygen atoms in total. The summed E-state index contributed by atoms with van der Waals surface area (Å²) in [6.45, 7) is 5.87. The van der Waals surface area contributed by atoms with Crippen molar-refractivity contribution >= 4 is 28.0 Å². The summed E-state index contributed by atoms with van der Waals surface area (Å²) in [5.41, 5.74) is 10.1. The van der Waals surface area contributed by atoms with Crippen molar-refractivity contribution in [2.24, 2.45) is 5.73 Å². The molecular formula is C22H24N6O2. The van der Waals surface area contributed by atoms with Crippen molar-refractivity contribution in [2.75, 3.05) is 18.0 Å². The fraction of sp³-hybridized carbons (Fsp3) is 0.364. The minimum Gasteiger partial charge on any atom is -0.370 e. The highest BCUT2D eigenvalue weighted by molar-refractivity contribution is 6.02. The zero-order chi connectivity index (χ0) is 20.8. The van der Waals surface area contributed by atoms with Crippen molar-refractivity contribution in [3.63, 3.8) is 0 Å². The summed E-state index contributed by atoms with van der Waals surface area (Å²) in [4.78, 5) is 23.6. The molecule has 1 fully saturated rings. The lowest BCUT2D eigenvalue weighted by Gasteiger charge is -2.24. The zero-order valence-electron chi connectivity index (χ0n) is 17.1. The number of hydrogen-bond acceptors (Lipinski definition) is 6. The van der Waals surface area contributed by atoms with Crippen LogP contribution in [0.4, 0.5) is 5.69 Å². The fourth-order valence-corrected chi connectivity index (χ4v) is 4.33. The first-order valence-electron chi connectivity index (χ1n) is 10.3. The molecule has 0 bridgehead atoms. The van der Waals surface area contributed by atoms with Gasteiger partial charge in [0.15, 0.2) is 0 Å². The number of imidazole rings is 1. The molecule has 154 valence electrons. The van der Waals surface area contributed by atoms with Gasteiger partial charge in [-0.1, -0.05) is 37.2 Å². The molecule has 4 heterocycles. The van der Waals surface area contributed by atoms with E-state index in [0.717, 1.165) is 53.6 Å². The van der Waals surface area contributed by atoms with Gasteiger partial charge in [-0.3, -0.25) is 9.20 Å². The van der Waals surface area contributed by atoms with Crippen LogP contribution in [0.25, 0.3) is 27.9 Å². The molecular weight excluding hydrogens is 380 g/mol. The van der Waals surface area contributed by atoms with Crippen LogP contribution in [0.2, 0.25) is 0 Å². The monoisotopic (exact) mass is 404 g/mol. The Balaban J connectivity index is 1.87. The van der Waals surface area contributed by atoms with Gasteiger partial charge in [-0.05, 0) is 24.5 Å². The average Bonchev–Trinajstić information content (AvgIpc) is 3.48. The van der Waals surface area contributed by atoms with Crippen LogP contribution in [-0.4, -0.2) is 38.5 Å². The van der Waals surface area contributed by atoms with Crippen LogP contribution in [0, 0.1) is 0 Å². The Kier molecular flexibility index (Phi) is 4.42. The summed E-state index contributed by atoms with van der Waals surface area (Å²) < 4.78 is 7.51. The second kappa shape index (κ2) is 7.12. The Morgan fingerprint density at radius 3 is 2.70 bits per heavy atom. The Hall–Kier alpha value is -3.42. The van der Waals surface area contributed by atoms with Gasteiger partial charge < -0.3 is 15.2 Å². The molecule has 0 unspecified atom stereocenters. The molecule has 0 radical (unpaired) electrons. The van der Waals surface area contributed by atoms with E-state index in [2.05, 4.69) is 24.4 Å². The Bertz CT molecular complexity index is 1250. The number of carbonyl (C=O) groups excluding carboxylic acids is 1. The SMILES string of the molecule is CC(C)c1nc(-c2ncn3c2c(N2CCCC2)c(CC(N)=O)c2ccccc23)no1. The Morgan fingerprint density at radius 2 is 2.00 bits per heavy atom. The molecule has 0 saturated carbocycles. The van der Waals surface area contributed by atoms with E-state index in [0.29, 0.717) is 17.4 Å². The quantitative estimate of drug-likeness (QED) is 0.548. The Labute approximate surface area is 173 Å². The number of pyridine rings is 1. The van der Waals surface area contributed by atoms with Crippen LogP contribution < -0.4 is 10.6 Å². The number of rotatable bonds is 5. The van der Waals surface area contributed by atoms with Crippen molar-refractivity contribution in [3.05, 3.63) is 42.0 Å². The second-order valence-corrected chi connectivity index (χ2v) is 8.10. The highest BCUT2D eigenvalue weighted by Crippen LogP contribution is 2.39. The summed E-state index contributed by atoms with van der Waals surface area (Å²) in [7, 11) is 0. The molecule has 8 heteroatoms. The van der Waals surface area contributed by atoms with Crippen LogP contribution >= 0.6 is 0 Å². The number of fused-ring (bicyclic) bond motifs is 3. The number of aromatic nitrogens is 4. The van der Waals surface area contributed by atoms with Gasteiger partial charge in [0.2, 0.25) is 17.6 Å². The molecule has 4 aromatic rings. The third kappa shape index (κ3) is 2.91.